The van der Waals surface area contributed by atoms with Gasteiger partial charge in [-0.15, -0.1) is 0 Å². The van der Waals surface area contributed by atoms with Gasteiger partial charge in [-0.2, -0.15) is 0 Å². The number of amides is 2. The van der Waals surface area contributed by atoms with Gasteiger partial charge in [-0.3, -0.25) is 13.9 Å². The molecule has 0 aromatic heterocycles. The van der Waals surface area contributed by atoms with Gasteiger partial charge in [-0.25, -0.2) is 8.42 Å². The number of hydrogen-bond donors (Lipinski definition) is 1. The summed E-state index contributed by atoms with van der Waals surface area (Å²) in [4.78, 5) is 27.7. The minimum absolute atomic E-state index is 0.130. The van der Waals surface area contributed by atoms with Gasteiger partial charge in [0.2, 0.25) is 21.8 Å². The van der Waals surface area contributed by atoms with Gasteiger partial charge >= 0.3 is 0 Å². The quantitative estimate of drug-likeness (QED) is 0.476. The fourth-order valence-electron chi connectivity index (χ4n) is 3.83. The van der Waals surface area contributed by atoms with Crippen LogP contribution in [0.1, 0.15) is 50.3 Å². The number of carbonyl (C=O) groups is 2. The van der Waals surface area contributed by atoms with E-state index in [1.165, 1.54) is 10.6 Å². The Bertz CT molecular complexity index is 1110. The number of aryl methyl sites for hydroxylation is 2. The van der Waals surface area contributed by atoms with E-state index in [0.717, 1.165) is 16.7 Å². The molecule has 7 nitrogen and oxygen atoms in total. The van der Waals surface area contributed by atoms with Gasteiger partial charge in [-0.05, 0) is 56.4 Å². The van der Waals surface area contributed by atoms with Crippen LogP contribution in [0.3, 0.4) is 0 Å². The first-order chi connectivity index (χ1) is 16.4. The largest absolute Gasteiger partial charge is 0.354 e. The van der Waals surface area contributed by atoms with Crippen molar-refractivity contribution in [1.82, 2.24) is 10.2 Å². The maximum Gasteiger partial charge on any atom is 0.242 e. The number of anilines is 1. The molecule has 0 spiro atoms. The van der Waals surface area contributed by atoms with Gasteiger partial charge in [0.15, 0.2) is 0 Å². The second kappa shape index (κ2) is 12.7. The van der Waals surface area contributed by atoms with Gasteiger partial charge in [0.05, 0.1) is 11.9 Å². The number of rotatable bonds is 12. The third-order valence-corrected chi connectivity index (χ3v) is 6.92. The monoisotopic (exact) mass is 501 g/mol. The summed E-state index contributed by atoms with van der Waals surface area (Å²) >= 11 is 0. The lowest BCUT2D eigenvalue weighted by Crippen LogP contribution is -2.48. The van der Waals surface area contributed by atoms with E-state index in [1.54, 1.807) is 17.9 Å². The number of nitrogens with one attached hydrogen (secondary N) is 1. The number of sulfonamides is 1. The van der Waals surface area contributed by atoms with Crippen LogP contribution in [0.2, 0.25) is 0 Å². The Morgan fingerprint density at radius 1 is 0.971 bits per heavy atom. The van der Waals surface area contributed by atoms with Gasteiger partial charge in [0, 0.05) is 26.1 Å². The van der Waals surface area contributed by atoms with Crippen LogP contribution in [0.15, 0.2) is 48.5 Å². The Labute approximate surface area is 210 Å². The van der Waals surface area contributed by atoms with Gasteiger partial charge in [-0.1, -0.05) is 55.8 Å². The maximum atomic E-state index is 13.3. The van der Waals surface area contributed by atoms with Crippen LogP contribution < -0.4 is 9.62 Å². The van der Waals surface area contributed by atoms with E-state index in [4.69, 9.17) is 0 Å². The molecule has 2 rings (SSSR count). The highest BCUT2D eigenvalue weighted by Crippen LogP contribution is 2.20. The molecule has 2 aromatic carbocycles. The van der Waals surface area contributed by atoms with Gasteiger partial charge in [0.25, 0.3) is 0 Å². The molecule has 1 N–H and O–H groups in total. The van der Waals surface area contributed by atoms with Crippen molar-refractivity contribution in [3.63, 3.8) is 0 Å². The zero-order valence-electron chi connectivity index (χ0n) is 21.7. The Morgan fingerprint density at radius 3 is 2.17 bits per heavy atom. The van der Waals surface area contributed by atoms with E-state index in [0.29, 0.717) is 31.1 Å². The summed E-state index contributed by atoms with van der Waals surface area (Å²) in [6.45, 7) is 10.7. The molecule has 0 fully saturated rings. The molecule has 35 heavy (non-hydrogen) atoms. The molecular formula is C27H39N3O4S. The molecule has 0 aliphatic heterocycles. The maximum absolute atomic E-state index is 13.3. The lowest BCUT2D eigenvalue weighted by molar-refractivity contribution is -0.140. The van der Waals surface area contributed by atoms with Crippen molar-refractivity contribution in [2.45, 2.75) is 60.0 Å². The molecule has 192 valence electrons. The molecule has 2 aromatic rings. The van der Waals surface area contributed by atoms with Gasteiger partial charge in [0.1, 0.15) is 6.04 Å². The Kier molecular flexibility index (Phi) is 10.3. The van der Waals surface area contributed by atoms with Crippen LogP contribution in [0.5, 0.6) is 0 Å². The highest BCUT2D eigenvalue weighted by Gasteiger charge is 2.26. The van der Waals surface area contributed by atoms with Gasteiger partial charge < -0.3 is 10.2 Å². The first-order valence-corrected chi connectivity index (χ1v) is 13.9. The number of carbonyl (C=O) groups excluding carboxylic acids is 2. The minimum atomic E-state index is -3.51. The standard InChI is InChI=1S/C27H39N3O4S/c1-20(2)18-28-27(32)23(5)29(19-24-12-7-10-21(3)16-24)26(31)14-9-15-30(35(6,33)34)25-13-8-11-22(4)17-25/h7-8,10-13,16-17,20,23H,9,14-15,18-19H2,1-6H3,(H,28,32)/t23-/m1/s1. The van der Waals surface area contributed by atoms with Crippen molar-refractivity contribution in [3.8, 4) is 0 Å². The molecule has 1 atom stereocenters. The fraction of sp³-hybridized carbons (Fsp3) is 0.481. The lowest BCUT2D eigenvalue weighted by atomic mass is 10.1. The summed E-state index contributed by atoms with van der Waals surface area (Å²) in [6, 6.07) is 14.5. The SMILES string of the molecule is Cc1cccc(CN(C(=O)CCCN(c2cccc(C)c2)S(C)(=O)=O)[C@H](C)C(=O)NCC(C)C)c1. The molecule has 0 saturated carbocycles. The summed E-state index contributed by atoms with van der Waals surface area (Å²) in [7, 11) is -3.51. The molecule has 0 bridgehead atoms. The smallest absolute Gasteiger partial charge is 0.242 e. The first-order valence-electron chi connectivity index (χ1n) is 12.1. The van der Waals surface area contributed by atoms with E-state index < -0.39 is 16.1 Å². The van der Waals surface area contributed by atoms with Crippen molar-refractivity contribution in [1.29, 1.82) is 0 Å². The van der Waals surface area contributed by atoms with Crippen LogP contribution in [-0.2, 0) is 26.2 Å². The average Bonchev–Trinajstić information content (AvgIpc) is 2.77. The van der Waals surface area contributed by atoms with Crippen LogP contribution in [0.25, 0.3) is 0 Å². The lowest BCUT2D eigenvalue weighted by Gasteiger charge is -2.30. The molecule has 0 unspecified atom stereocenters. The molecule has 0 aliphatic rings. The van der Waals surface area contributed by atoms with E-state index in [-0.39, 0.29) is 24.8 Å². The molecular weight excluding hydrogens is 462 g/mol. The molecule has 0 aliphatic carbocycles. The summed E-state index contributed by atoms with van der Waals surface area (Å²) in [6.07, 6.45) is 1.64. The van der Waals surface area contributed by atoms with Crippen LogP contribution >= 0.6 is 0 Å². The first kappa shape index (κ1) is 28.4. The average molecular weight is 502 g/mol. The van der Waals surface area contributed by atoms with E-state index >= 15 is 0 Å². The Balaban J connectivity index is 2.16. The van der Waals surface area contributed by atoms with Crippen molar-refractivity contribution in [2.24, 2.45) is 5.92 Å². The van der Waals surface area contributed by atoms with Crippen molar-refractivity contribution < 1.29 is 18.0 Å². The van der Waals surface area contributed by atoms with Crippen molar-refractivity contribution >= 4 is 27.5 Å². The third kappa shape index (κ3) is 9.02. The fourth-order valence-corrected chi connectivity index (χ4v) is 4.79. The Morgan fingerprint density at radius 2 is 1.60 bits per heavy atom. The zero-order valence-corrected chi connectivity index (χ0v) is 22.6. The van der Waals surface area contributed by atoms with E-state index in [9.17, 15) is 18.0 Å². The van der Waals surface area contributed by atoms with E-state index in [2.05, 4.69) is 5.32 Å². The topological polar surface area (TPSA) is 86.8 Å². The normalized spacial score (nSPS) is 12.3. The van der Waals surface area contributed by atoms with Crippen molar-refractivity contribution in [2.75, 3.05) is 23.7 Å². The highest BCUT2D eigenvalue weighted by atomic mass is 32.2. The highest BCUT2D eigenvalue weighted by molar-refractivity contribution is 7.92. The van der Waals surface area contributed by atoms with E-state index in [1.807, 2.05) is 70.2 Å². The number of benzene rings is 2. The summed E-state index contributed by atoms with van der Waals surface area (Å²) in [5, 5.41) is 2.92. The summed E-state index contributed by atoms with van der Waals surface area (Å²) in [5.41, 5.74) is 3.56. The van der Waals surface area contributed by atoms with Crippen LogP contribution in [0, 0.1) is 19.8 Å². The molecule has 2 amide bonds. The second-order valence-corrected chi connectivity index (χ2v) is 11.5. The second-order valence-electron chi connectivity index (χ2n) is 9.60. The zero-order chi connectivity index (χ0) is 26.2. The predicted octanol–water partition coefficient (Wildman–Crippen LogP) is 4.04. The Hall–Kier alpha value is -2.87. The molecule has 0 radical (unpaired) electrons. The molecule has 0 saturated heterocycles. The number of hydrogen-bond acceptors (Lipinski definition) is 4. The van der Waals surface area contributed by atoms with Crippen molar-refractivity contribution in [3.05, 3.63) is 65.2 Å². The molecule has 0 heterocycles. The predicted molar refractivity (Wildman–Crippen MR) is 142 cm³/mol. The summed E-state index contributed by atoms with van der Waals surface area (Å²) in [5.74, 6) is -0.0794. The summed E-state index contributed by atoms with van der Waals surface area (Å²) < 4.78 is 26.2. The van der Waals surface area contributed by atoms with Crippen LogP contribution in [0.4, 0.5) is 5.69 Å². The van der Waals surface area contributed by atoms with Crippen LogP contribution in [-0.4, -0.2) is 50.5 Å². The number of nitrogens with zero attached hydrogens (tertiary/aromatic N) is 2. The third-order valence-electron chi connectivity index (χ3n) is 5.73. The minimum Gasteiger partial charge on any atom is -0.354 e. The molecule has 8 heteroatoms.